The van der Waals surface area contributed by atoms with Crippen LogP contribution in [0.1, 0.15) is 5.56 Å². The van der Waals surface area contributed by atoms with Gasteiger partial charge in [-0.1, -0.05) is 29.8 Å². The molecule has 98 valence electrons. The maximum atomic E-state index is 11.8. The smallest absolute Gasteiger partial charge is 0.329 e. The highest BCUT2D eigenvalue weighted by atomic mass is 35.5. The first kappa shape index (κ1) is 13.1. The van der Waals surface area contributed by atoms with Crippen molar-refractivity contribution in [3.63, 3.8) is 0 Å². The number of halogens is 1. The molecule has 0 saturated carbocycles. The first-order valence-corrected chi connectivity index (χ1v) is 5.67. The van der Waals surface area contributed by atoms with Crippen molar-refractivity contribution in [2.24, 2.45) is 0 Å². The summed E-state index contributed by atoms with van der Waals surface area (Å²) in [6.07, 6.45) is 1.41. The van der Waals surface area contributed by atoms with Crippen LogP contribution in [0.25, 0.3) is 6.08 Å². The van der Waals surface area contributed by atoms with Crippen molar-refractivity contribution < 1.29 is 19.5 Å². The van der Waals surface area contributed by atoms with Gasteiger partial charge in [-0.15, -0.1) is 0 Å². The molecule has 1 aromatic rings. The van der Waals surface area contributed by atoms with Crippen LogP contribution in [0.3, 0.4) is 0 Å². The second-order valence-electron chi connectivity index (χ2n) is 3.79. The Morgan fingerprint density at radius 1 is 1.37 bits per heavy atom. The van der Waals surface area contributed by atoms with Crippen molar-refractivity contribution >= 4 is 35.6 Å². The average molecular weight is 281 g/mol. The first-order chi connectivity index (χ1) is 8.99. The molecule has 1 aromatic carbocycles. The van der Waals surface area contributed by atoms with Gasteiger partial charge in [0, 0.05) is 5.02 Å². The number of nitrogens with zero attached hydrogens (tertiary/aromatic N) is 1. The molecule has 0 spiro atoms. The predicted octanol–water partition coefficient (Wildman–Crippen LogP) is 1.32. The van der Waals surface area contributed by atoms with Crippen molar-refractivity contribution in [2.45, 2.75) is 0 Å². The number of amides is 3. The second kappa shape index (κ2) is 5.11. The number of hydrogen-bond donors (Lipinski definition) is 2. The summed E-state index contributed by atoms with van der Waals surface area (Å²) in [5.74, 6) is -1.95. The SMILES string of the molecule is O=C(O)CN1C(=O)NC(=Cc2ccccc2Cl)C1=O. The minimum atomic E-state index is -1.26. The van der Waals surface area contributed by atoms with Gasteiger partial charge in [0.2, 0.25) is 0 Å². The lowest BCUT2D eigenvalue weighted by Gasteiger charge is -2.06. The third kappa shape index (κ3) is 2.74. The Hall–Kier alpha value is -2.34. The van der Waals surface area contributed by atoms with Crippen molar-refractivity contribution in [2.75, 3.05) is 6.54 Å². The Balaban J connectivity index is 2.28. The fraction of sp³-hybridized carbons (Fsp3) is 0.0833. The monoisotopic (exact) mass is 280 g/mol. The Kier molecular flexibility index (Phi) is 3.52. The van der Waals surface area contributed by atoms with E-state index in [2.05, 4.69) is 5.32 Å². The Bertz CT molecular complexity index is 597. The quantitative estimate of drug-likeness (QED) is 0.646. The van der Waals surface area contributed by atoms with Gasteiger partial charge in [0.15, 0.2) is 0 Å². The van der Waals surface area contributed by atoms with E-state index >= 15 is 0 Å². The summed E-state index contributed by atoms with van der Waals surface area (Å²) in [6.45, 7) is -0.676. The summed E-state index contributed by atoms with van der Waals surface area (Å²) in [7, 11) is 0. The molecular formula is C12H9ClN2O4. The van der Waals surface area contributed by atoms with Gasteiger partial charge in [-0.2, -0.15) is 0 Å². The van der Waals surface area contributed by atoms with Crippen molar-refractivity contribution in [1.82, 2.24) is 10.2 Å². The summed E-state index contributed by atoms with van der Waals surface area (Å²) in [6, 6.07) is 6.02. The third-order valence-electron chi connectivity index (χ3n) is 2.46. The largest absolute Gasteiger partial charge is 0.480 e. The molecule has 1 heterocycles. The molecule has 6 nitrogen and oxygen atoms in total. The van der Waals surface area contributed by atoms with E-state index < -0.39 is 24.5 Å². The normalized spacial score (nSPS) is 16.9. The predicted molar refractivity (Wildman–Crippen MR) is 67.3 cm³/mol. The van der Waals surface area contributed by atoms with E-state index in [0.29, 0.717) is 15.5 Å². The fourth-order valence-electron chi connectivity index (χ4n) is 1.60. The molecule has 2 rings (SSSR count). The Morgan fingerprint density at radius 2 is 2.05 bits per heavy atom. The standard InChI is InChI=1S/C12H9ClN2O4/c13-8-4-2-1-3-7(8)5-9-11(18)15(6-10(16)17)12(19)14-9/h1-5H,6H2,(H,14,19)(H,16,17). The molecule has 0 unspecified atom stereocenters. The van der Waals surface area contributed by atoms with Crippen LogP contribution in [0.2, 0.25) is 5.02 Å². The summed E-state index contributed by atoms with van der Waals surface area (Å²) >= 11 is 5.93. The summed E-state index contributed by atoms with van der Waals surface area (Å²) in [4.78, 5) is 34.5. The maximum absolute atomic E-state index is 11.8. The molecule has 0 aromatic heterocycles. The first-order valence-electron chi connectivity index (χ1n) is 5.30. The van der Waals surface area contributed by atoms with E-state index in [1.54, 1.807) is 24.3 Å². The number of rotatable bonds is 3. The van der Waals surface area contributed by atoms with Crippen LogP contribution in [-0.4, -0.2) is 34.5 Å². The van der Waals surface area contributed by atoms with Crippen molar-refractivity contribution in [3.8, 4) is 0 Å². The summed E-state index contributed by atoms with van der Waals surface area (Å²) in [5.41, 5.74) is 0.560. The molecule has 19 heavy (non-hydrogen) atoms. The van der Waals surface area contributed by atoms with Crippen LogP contribution in [0.5, 0.6) is 0 Å². The van der Waals surface area contributed by atoms with Gasteiger partial charge in [0.05, 0.1) is 0 Å². The van der Waals surface area contributed by atoms with E-state index in [9.17, 15) is 14.4 Å². The summed E-state index contributed by atoms with van der Waals surface area (Å²) in [5, 5.41) is 11.4. The van der Waals surface area contributed by atoms with Gasteiger partial charge in [0.25, 0.3) is 5.91 Å². The van der Waals surface area contributed by atoms with Crippen LogP contribution in [0.15, 0.2) is 30.0 Å². The number of nitrogens with one attached hydrogen (secondary N) is 1. The molecule has 2 N–H and O–H groups in total. The zero-order chi connectivity index (χ0) is 14.0. The minimum Gasteiger partial charge on any atom is -0.480 e. The molecule has 0 atom stereocenters. The van der Waals surface area contributed by atoms with Gasteiger partial charge >= 0.3 is 12.0 Å². The van der Waals surface area contributed by atoms with E-state index in [4.69, 9.17) is 16.7 Å². The van der Waals surface area contributed by atoms with Gasteiger partial charge in [0.1, 0.15) is 12.2 Å². The van der Waals surface area contributed by atoms with Crippen molar-refractivity contribution in [3.05, 3.63) is 40.5 Å². The zero-order valence-corrected chi connectivity index (χ0v) is 10.3. The fourth-order valence-corrected chi connectivity index (χ4v) is 1.79. The average Bonchev–Trinajstić information content (AvgIpc) is 2.60. The molecule has 0 aliphatic carbocycles. The number of carboxylic acid groups (broad SMARTS) is 1. The topological polar surface area (TPSA) is 86.7 Å². The zero-order valence-electron chi connectivity index (χ0n) is 9.59. The Labute approximate surface area is 113 Å². The van der Waals surface area contributed by atoms with Crippen LogP contribution in [0.4, 0.5) is 4.79 Å². The molecule has 3 amide bonds. The van der Waals surface area contributed by atoms with E-state index in [1.807, 2.05) is 0 Å². The molecule has 0 radical (unpaired) electrons. The van der Waals surface area contributed by atoms with E-state index in [0.717, 1.165) is 0 Å². The molecule has 1 aliphatic rings. The van der Waals surface area contributed by atoms with Gasteiger partial charge in [-0.3, -0.25) is 9.59 Å². The van der Waals surface area contributed by atoms with E-state index in [1.165, 1.54) is 6.08 Å². The lowest BCUT2D eigenvalue weighted by atomic mass is 10.2. The number of urea groups is 1. The molecule has 1 aliphatic heterocycles. The molecule has 1 fully saturated rings. The number of aliphatic carboxylic acids is 1. The summed E-state index contributed by atoms with van der Waals surface area (Å²) < 4.78 is 0. The van der Waals surface area contributed by atoms with E-state index in [-0.39, 0.29) is 5.70 Å². The lowest BCUT2D eigenvalue weighted by Crippen LogP contribution is -2.35. The molecular weight excluding hydrogens is 272 g/mol. The van der Waals surface area contributed by atoms with Crippen LogP contribution < -0.4 is 5.32 Å². The number of carboxylic acids is 1. The Morgan fingerprint density at radius 3 is 2.68 bits per heavy atom. The molecule has 0 bridgehead atoms. The van der Waals surface area contributed by atoms with Crippen LogP contribution in [0, 0.1) is 0 Å². The highest BCUT2D eigenvalue weighted by Gasteiger charge is 2.34. The number of hydrogen-bond acceptors (Lipinski definition) is 3. The highest BCUT2D eigenvalue weighted by Crippen LogP contribution is 2.20. The molecule has 1 saturated heterocycles. The highest BCUT2D eigenvalue weighted by molar-refractivity contribution is 6.32. The number of imide groups is 1. The van der Waals surface area contributed by atoms with Crippen LogP contribution >= 0.6 is 11.6 Å². The van der Waals surface area contributed by atoms with Gasteiger partial charge in [-0.25, -0.2) is 9.69 Å². The number of benzene rings is 1. The lowest BCUT2D eigenvalue weighted by molar-refractivity contribution is -0.140. The second-order valence-corrected chi connectivity index (χ2v) is 4.20. The van der Waals surface area contributed by atoms with Gasteiger partial charge in [-0.05, 0) is 17.7 Å². The maximum Gasteiger partial charge on any atom is 0.329 e. The minimum absolute atomic E-state index is 0.000602. The van der Waals surface area contributed by atoms with Gasteiger partial charge < -0.3 is 10.4 Å². The van der Waals surface area contributed by atoms with Crippen LogP contribution in [-0.2, 0) is 9.59 Å². The molecule has 7 heteroatoms. The van der Waals surface area contributed by atoms with Crippen molar-refractivity contribution in [1.29, 1.82) is 0 Å². The number of carbonyl (C=O) groups excluding carboxylic acids is 2. The third-order valence-corrected chi connectivity index (χ3v) is 2.80. The number of carbonyl (C=O) groups is 3.